The molecule has 0 atom stereocenters. The second-order valence-corrected chi connectivity index (χ2v) is 12.4. The minimum atomic E-state index is 0.604. The Labute approximate surface area is 288 Å². The number of rotatable bonds is 5. The van der Waals surface area contributed by atoms with E-state index in [0.29, 0.717) is 17.5 Å². The summed E-state index contributed by atoms with van der Waals surface area (Å²) in [5.41, 5.74) is 9.25. The van der Waals surface area contributed by atoms with Crippen molar-refractivity contribution in [2.45, 2.75) is 0 Å². The van der Waals surface area contributed by atoms with Crippen LogP contribution in [0.25, 0.3) is 89.2 Å². The van der Waals surface area contributed by atoms with Gasteiger partial charge in [0.05, 0.1) is 39.0 Å². The highest BCUT2D eigenvalue weighted by molar-refractivity contribution is 6.11. The molecular formula is C45H29N5. The minimum Gasteiger partial charge on any atom is -0.308 e. The third-order valence-electron chi connectivity index (χ3n) is 9.59. The van der Waals surface area contributed by atoms with Gasteiger partial charge in [-0.15, -0.1) is 0 Å². The topological polar surface area (TPSA) is 48.5 Å². The molecule has 0 aliphatic carbocycles. The van der Waals surface area contributed by atoms with Crippen LogP contribution >= 0.6 is 0 Å². The number of nitrogens with zero attached hydrogens (tertiary/aromatic N) is 5. The van der Waals surface area contributed by atoms with Gasteiger partial charge in [0.15, 0.2) is 17.5 Å². The number of benzene rings is 7. The van der Waals surface area contributed by atoms with Crippen molar-refractivity contribution < 1.29 is 0 Å². The normalized spacial score (nSPS) is 11.6. The molecule has 0 aliphatic rings. The number of para-hydroxylation sites is 4. The summed E-state index contributed by atoms with van der Waals surface area (Å²) >= 11 is 0. The van der Waals surface area contributed by atoms with Crippen molar-refractivity contribution in [3.63, 3.8) is 0 Å². The molecule has 50 heavy (non-hydrogen) atoms. The molecule has 0 bridgehead atoms. The highest BCUT2D eigenvalue weighted by atomic mass is 15.1. The fourth-order valence-electron chi connectivity index (χ4n) is 7.41. The Hall–Kier alpha value is -6.85. The zero-order chi connectivity index (χ0) is 33.0. The Balaban J connectivity index is 1.38. The lowest BCUT2D eigenvalue weighted by Crippen LogP contribution is -2.07. The Morgan fingerprint density at radius 3 is 0.980 bits per heavy atom. The van der Waals surface area contributed by atoms with Gasteiger partial charge < -0.3 is 9.13 Å². The first-order chi connectivity index (χ1) is 24.8. The number of fused-ring (bicyclic) bond motifs is 6. The molecule has 0 fully saturated rings. The highest BCUT2D eigenvalue weighted by Gasteiger charge is 2.24. The Morgan fingerprint density at radius 1 is 0.280 bits per heavy atom. The molecule has 10 rings (SSSR count). The quantitative estimate of drug-likeness (QED) is 0.188. The van der Waals surface area contributed by atoms with Gasteiger partial charge in [-0.25, -0.2) is 15.0 Å². The molecule has 0 radical (unpaired) electrons. The lowest BCUT2D eigenvalue weighted by Gasteiger charge is -2.19. The van der Waals surface area contributed by atoms with Crippen molar-refractivity contribution in [2.24, 2.45) is 0 Å². The molecule has 5 heteroatoms. The van der Waals surface area contributed by atoms with Gasteiger partial charge in [-0.05, 0) is 36.4 Å². The lowest BCUT2D eigenvalue weighted by atomic mass is 10.1. The predicted octanol–water partition coefficient (Wildman–Crippen LogP) is 11.1. The Morgan fingerprint density at radius 2 is 0.600 bits per heavy atom. The van der Waals surface area contributed by atoms with Crippen LogP contribution in [-0.2, 0) is 0 Å². The summed E-state index contributed by atoms with van der Waals surface area (Å²) in [5.74, 6) is 1.85. The van der Waals surface area contributed by atoms with Gasteiger partial charge in [0.25, 0.3) is 0 Å². The van der Waals surface area contributed by atoms with Crippen LogP contribution in [-0.4, -0.2) is 24.1 Å². The van der Waals surface area contributed by atoms with Crippen molar-refractivity contribution in [1.29, 1.82) is 0 Å². The van der Waals surface area contributed by atoms with Crippen LogP contribution in [0.5, 0.6) is 0 Å². The first-order valence-corrected chi connectivity index (χ1v) is 16.8. The predicted molar refractivity (Wildman–Crippen MR) is 205 cm³/mol. The van der Waals surface area contributed by atoms with Crippen molar-refractivity contribution in [3.8, 4) is 45.5 Å². The van der Waals surface area contributed by atoms with Gasteiger partial charge in [-0.3, -0.25) is 0 Å². The van der Waals surface area contributed by atoms with Crippen LogP contribution in [0.3, 0.4) is 0 Å². The maximum atomic E-state index is 5.31. The molecule has 234 valence electrons. The average molecular weight is 640 g/mol. The molecule has 3 aromatic heterocycles. The van der Waals surface area contributed by atoms with Gasteiger partial charge in [0.1, 0.15) is 0 Å². The van der Waals surface area contributed by atoms with E-state index in [2.05, 4.69) is 149 Å². The number of hydrogen-bond acceptors (Lipinski definition) is 3. The second kappa shape index (κ2) is 11.4. The SMILES string of the molecule is c1ccc(-c2nc(-c3ccccc3)nc(-c3c(-n4c5ccccc5c5ccccc54)cccc3-n3c4ccccc4c4ccccc43)n2)cc1. The minimum absolute atomic E-state index is 0.604. The highest BCUT2D eigenvalue weighted by Crippen LogP contribution is 2.41. The number of aromatic nitrogens is 5. The molecule has 0 N–H and O–H groups in total. The van der Waals surface area contributed by atoms with E-state index in [-0.39, 0.29) is 0 Å². The monoisotopic (exact) mass is 639 g/mol. The van der Waals surface area contributed by atoms with E-state index in [1.54, 1.807) is 0 Å². The van der Waals surface area contributed by atoms with Crippen LogP contribution < -0.4 is 0 Å². The van der Waals surface area contributed by atoms with E-state index in [0.717, 1.165) is 50.1 Å². The van der Waals surface area contributed by atoms with Crippen LogP contribution in [0, 0.1) is 0 Å². The second-order valence-electron chi connectivity index (χ2n) is 12.4. The molecule has 10 aromatic rings. The Bertz CT molecular complexity index is 2570. The van der Waals surface area contributed by atoms with Gasteiger partial charge in [0, 0.05) is 32.7 Å². The summed E-state index contributed by atoms with van der Waals surface area (Å²) < 4.78 is 4.73. The fraction of sp³-hybridized carbons (Fsp3) is 0. The zero-order valence-corrected chi connectivity index (χ0v) is 27.0. The van der Waals surface area contributed by atoms with Gasteiger partial charge in [-0.2, -0.15) is 0 Å². The largest absolute Gasteiger partial charge is 0.308 e. The van der Waals surface area contributed by atoms with E-state index in [4.69, 9.17) is 15.0 Å². The molecule has 5 nitrogen and oxygen atoms in total. The lowest BCUT2D eigenvalue weighted by molar-refractivity contribution is 1.05. The van der Waals surface area contributed by atoms with Crippen molar-refractivity contribution >= 4 is 43.6 Å². The average Bonchev–Trinajstić information content (AvgIpc) is 3.71. The summed E-state index contributed by atoms with van der Waals surface area (Å²) in [5, 5.41) is 4.78. The summed E-state index contributed by atoms with van der Waals surface area (Å²) in [6.07, 6.45) is 0. The fourth-order valence-corrected chi connectivity index (χ4v) is 7.41. The van der Waals surface area contributed by atoms with Gasteiger partial charge in [-0.1, -0.05) is 140 Å². The van der Waals surface area contributed by atoms with Crippen LogP contribution in [0.15, 0.2) is 176 Å². The molecular weight excluding hydrogens is 611 g/mol. The molecule has 0 unspecified atom stereocenters. The van der Waals surface area contributed by atoms with Crippen molar-refractivity contribution in [1.82, 2.24) is 24.1 Å². The molecule has 0 amide bonds. The van der Waals surface area contributed by atoms with Crippen molar-refractivity contribution in [3.05, 3.63) is 176 Å². The van der Waals surface area contributed by atoms with Gasteiger partial charge in [0.2, 0.25) is 0 Å². The molecule has 0 saturated heterocycles. The first kappa shape index (κ1) is 28.2. The summed E-state index contributed by atoms with van der Waals surface area (Å²) in [7, 11) is 0. The smallest absolute Gasteiger partial charge is 0.168 e. The summed E-state index contributed by atoms with van der Waals surface area (Å²) in [6.45, 7) is 0. The Kier molecular flexibility index (Phi) is 6.42. The van der Waals surface area contributed by atoms with E-state index in [1.807, 2.05) is 36.4 Å². The summed E-state index contributed by atoms with van der Waals surface area (Å²) in [6, 6.07) is 61.4. The third-order valence-corrected chi connectivity index (χ3v) is 9.59. The molecule has 0 aliphatic heterocycles. The van der Waals surface area contributed by atoms with Crippen molar-refractivity contribution in [2.75, 3.05) is 0 Å². The van der Waals surface area contributed by atoms with E-state index < -0.39 is 0 Å². The third kappa shape index (κ3) is 4.37. The van der Waals surface area contributed by atoms with E-state index >= 15 is 0 Å². The van der Waals surface area contributed by atoms with E-state index in [9.17, 15) is 0 Å². The van der Waals surface area contributed by atoms with Crippen LogP contribution in [0.2, 0.25) is 0 Å². The first-order valence-electron chi connectivity index (χ1n) is 16.8. The van der Waals surface area contributed by atoms with E-state index in [1.165, 1.54) is 21.5 Å². The van der Waals surface area contributed by atoms with Crippen LogP contribution in [0.4, 0.5) is 0 Å². The van der Waals surface area contributed by atoms with Crippen LogP contribution in [0.1, 0.15) is 0 Å². The molecule has 0 spiro atoms. The summed E-state index contributed by atoms with van der Waals surface area (Å²) in [4.78, 5) is 15.7. The maximum absolute atomic E-state index is 5.31. The molecule has 3 heterocycles. The zero-order valence-electron chi connectivity index (χ0n) is 27.0. The standard InChI is InChI=1S/C45H29N5/c1-3-16-30(17-4-1)43-46-44(31-18-5-2-6-19-31)48-45(47-43)42-40(49-36-24-11-7-20-32(36)33-21-8-12-25-37(33)49)28-15-29-41(42)50-38-26-13-9-22-34(38)35-23-10-14-27-39(35)50/h1-29H. The van der Waals surface area contributed by atoms with Gasteiger partial charge >= 0.3 is 0 Å². The molecule has 7 aromatic carbocycles. The maximum Gasteiger partial charge on any atom is 0.168 e. The number of hydrogen-bond donors (Lipinski definition) is 0. The molecule has 0 saturated carbocycles.